The maximum atomic E-state index is 10.6. The second-order valence-corrected chi connectivity index (χ2v) is 7.34. The van der Waals surface area contributed by atoms with Crippen molar-refractivity contribution in [1.29, 1.82) is 0 Å². The average molecular weight is 250 g/mol. The Kier molecular flexibility index (Phi) is 4.28. The van der Waals surface area contributed by atoms with Crippen LogP contribution in [0.2, 0.25) is 0 Å². The van der Waals surface area contributed by atoms with Crippen molar-refractivity contribution in [1.82, 2.24) is 0 Å². The van der Waals surface area contributed by atoms with E-state index in [2.05, 4.69) is 0 Å². The Morgan fingerprint density at radius 3 is 2.17 bits per heavy atom. The van der Waals surface area contributed by atoms with E-state index < -0.39 is 0 Å². The first-order valence-electron chi connectivity index (χ1n) is 8.51. The summed E-state index contributed by atoms with van der Waals surface area (Å²) in [6, 6.07) is 0. The molecule has 0 aromatic rings. The monoisotopic (exact) mass is 250 g/mol. The predicted molar refractivity (Wildman–Crippen MR) is 75.4 cm³/mol. The molecular weight excluding hydrogens is 220 g/mol. The van der Waals surface area contributed by atoms with Crippen LogP contribution in [0, 0.1) is 23.7 Å². The molecule has 3 aliphatic carbocycles. The molecule has 4 atom stereocenters. The van der Waals surface area contributed by atoms with Gasteiger partial charge in [0, 0.05) is 0 Å². The average Bonchev–Trinajstić information content (AvgIpc) is 2.90. The Bertz CT molecular complexity index is 254. The topological polar surface area (TPSA) is 20.2 Å². The molecule has 3 rings (SSSR count). The molecule has 1 N–H and O–H groups in total. The van der Waals surface area contributed by atoms with E-state index in [1.54, 1.807) is 0 Å². The Balaban J connectivity index is 1.49. The molecule has 3 aliphatic rings. The normalized spacial score (nSPS) is 39.5. The van der Waals surface area contributed by atoms with Crippen molar-refractivity contribution >= 4 is 0 Å². The van der Waals surface area contributed by atoms with Gasteiger partial charge >= 0.3 is 0 Å². The number of hydrogen-bond donors (Lipinski definition) is 1. The van der Waals surface area contributed by atoms with Gasteiger partial charge in [0.15, 0.2) is 0 Å². The molecule has 2 bridgehead atoms. The Morgan fingerprint density at radius 2 is 1.56 bits per heavy atom. The van der Waals surface area contributed by atoms with Gasteiger partial charge in [0.2, 0.25) is 0 Å². The lowest BCUT2D eigenvalue weighted by atomic mass is 9.79. The molecule has 18 heavy (non-hydrogen) atoms. The highest BCUT2D eigenvalue weighted by Gasteiger charge is 2.40. The van der Waals surface area contributed by atoms with E-state index in [1.807, 2.05) is 0 Å². The summed E-state index contributed by atoms with van der Waals surface area (Å²) in [5.74, 6) is 3.52. The lowest BCUT2D eigenvalue weighted by molar-refractivity contribution is 0.0580. The van der Waals surface area contributed by atoms with Crippen LogP contribution in [0.4, 0.5) is 0 Å². The third-order valence-electron chi connectivity index (χ3n) is 6.12. The van der Waals surface area contributed by atoms with Crippen molar-refractivity contribution in [3.8, 4) is 0 Å². The Morgan fingerprint density at radius 1 is 0.833 bits per heavy atom. The van der Waals surface area contributed by atoms with Crippen molar-refractivity contribution < 1.29 is 5.11 Å². The number of aliphatic hydroxyl groups is 1. The molecule has 0 radical (unpaired) electrons. The van der Waals surface area contributed by atoms with Crippen LogP contribution in [-0.4, -0.2) is 11.2 Å². The fourth-order valence-electron chi connectivity index (χ4n) is 5.04. The molecule has 0 amide bonds. The van der Waals surface area contributed by atoms with Crippen molar-refractivity contribution in [2.75, 3.05) is 0 Å². The lowest BCUT2D eigenvalue weighted by Crippen LogP contribution is -2.26. The summed E-state index contributed by atoms with van der Waals surface area (Å²) < 4.78 is 0. The molecule has 3 fully saturated rings. The summed E-state index contributed by atoms with van der Waals surface area (Å²) in [4.78, 5) is 0. The van der Waals surface area contributed by atoms with Crippen LogP contribution in [-0.2, 0) is 0 Å². The first kappa shape index (κ1) is 13.0. The molecule has 0 saturated heterocycles. The third kappa shape index (κ3) is 2.92. The fraction of sp³-hybridized carbons (Fsp3) is 1.00. The highest BCUT2D eigenvalue weighted by atomic mass is 16.3. The first-order valence-corrected chi connectivity index (χ1v) is 8.51. The van der Waals surface area contributed by atoms with E-state index in [1.165, 1.54) is 70.6 Å². The summed E-state index contributed by atoms with van der Waals surface area (Å²) in [7, 11) is 0. The van der Waals surface area contributed by atoms with Crippen LogP contribution >= 0.6 is 0 Å². The Labute approximate surface area is 112 Å². The molecule has 104 valence electrons. The zero-order valence-electron chi connectivity index (χ0n) is 11.8. The number of aliphatic hydroxyl groups excluding tert-OH is 1. The highest BCUT2D eigenvalue weighted by Crippen LogP contribution is 2.50. The van der Waals surface area contributed by atoms with Gasteiger partial charge in [-0.25, -0.2) is 0 Å². The standard InChI is InChI=1S/C17H30O/c18-17(14-6-4-2-1-3-5-7-14)12-16-11-13-8-9-15(16)10-13/h13-18H,1-12H2. The molecular formula is C17H30O. The van der Waals surface area contributed by atoms with Gasteiger partial charge in [0.05, 0.1) is 6.10 Å². The van der Waals surface area contributed by atoms with Crippen LogP contribution in [0.15, 0.2) is 0 Å². The maximum absolute atomic E-state index is 10.6. The maximum Gasteiger partial charge on any atom is 0.0571 e. The largest absolute Gasteiger partial charge is 0.393 e. The SMILES string of the molecule is OC(CC1CC2CCC1C2)C1CCCCCCC1. The molecule has 0 aliphatic heterocycles. The van der Waals surface area contributed by atoms with Crippen molar-refractivity contribution in [2.45, 2.75) is 83.2 Å². The minimum atomic E-state index is 0.0208. The van der Waals surface area contributed by atoms with E-state index >= 15 is 0 Å². The van der Waals surface area contributed by atoms with Gasteiger partial charge in [-0.3, -0.25) is 0 Å². The van der Waals surface area contributed by atoms with E-state index in [0.29, 0.717) is 5.92 Å². The van der Waals surface area contributed by atoms with Crippen LogP contribution < -0.4 is 0 Å². The van der Waals surface area contributed by atoms with Crippen LogP contribution in [0.5, 0.6) is 0 Å². The van der Waals surface area contributed by atoms with E-state index in [0.717, 1.165) is 24.2 Å². The number of rotatable bonds is 3. The van der Waals surface area contributed by atoms with Crippen LogP contribution in [0.1, 0.15) is 77.0 Å². The Hall–Kier alpha value is -0.0400. The summed E-state index contributed by atoms with van der Waals surface area (Å²) in [5, 5.41) is 10.6. The summed E-state index contributed by atoms with van der Waals surface area (Å²) in [5.41, 5.74) is 0. The van der Waals surface area contributed by atoms with Crippen molar-refractivity contribution in [3.05, 3.63) is 0 Å². The minimum Gasteiger partial charge on any atom is -0.393 e. The van der Waals surface area contributed by atoms with E-state index in [4.69, 9.17) is 0 Å². The number of hydrogen-bond acceptors (Lipinski definition) is 1. The van der Waals surface area contributed by atoms with Crippen molar-refractivity contribution in [2.24, 2.45) is 23.7 Å². The molecule has 0 spiro atoms. The molecule has 1 heteroatoms. The molecule has 1 nitrogen and oxygen atoms in total. The van der Waals surface area contributed by atoms with Gasteiger partial charge in [-0.05, 0) is 62.2 Å². The smallest absolute Gasteiger partial charge is 0.0571 e. The molecule has 0 heterocycles. The van der Waals surface area contributed by atoms with Gasteiger partial charge in [-0.2, -0.15) is 0 Å². The zero-order chi connectivity index (χ0) is 12.4. The third-order valence-corrected chi connectivity index (χ3v) is 6.12. The van der Waals surface area contributed by atoms with Gasteiger partial charge < -0.3 is 5.11 Å². The predicted octanol–water partition coefficient (Wildman–Crippen LogP) is 4.53. The summed E-state index contributed by atoms with van der Waals surface area (Å²) >= 11 is 0. The second-order valence-electron chi connectivity index (χ2n) is 7.34. The molecule has 4 unspecified atom stereocenters. The summed E-state index contributed by atoms with van der Waals surface area (Å²) in [6.45, 7) is 0. The summed E-state index contributed by atoms with van der Waals surface area (Å²) in [6.07, 6.45) is 16.6. The van der Waals surface area contributed by atoms with Gasteiger partial charge in [0.25, 0.3) is 0 Å². The second kappa shape index (κ2) is 5.94. The van der Waals surface area contributed by atoms with E-state index in [9.17, 15) is 5.11 Å². The lowest BCUT2D eigenvalue weighted by Gasteiger charge is -2.30. The minimum absolute atomic E-state index is 0.0208. The zero-order valence-corrected chi connectivity index (χ0v) is 11.8. The van der Waals surface area contributed by atoms with Crippen molar-refractivity contribution in [3.63, 3.8) is 0 Å². The molecule has 0 aromatic carbocycles. The first-order chi connectivity index (χ1) is 8.83. The van der Waals surface area contributed by atoms with Gasteiger partial charge in [-0.15, -0.1) is 0 Å². The highest BCUT2D eigenvalue weighted by molar-refractivity contribution is 4.91. The quantitative estimate of drug-likeness (QED) is 0.780. The fourth-order valence-corrected chi connectivity index (χ4v) is 5.04. The van der Waals surface area contributed by atoms with Crippen LogP contribution in [0.3, 0.4) is 0 Å². The molecule has 3 saturated carbocycles. The van der Waals surface area contributed by atoms with E-state index in [-0.39, 0.29) is 6.10 Å². The molecule has 0 aromatic heterocycles. The van der Waals surface area contributed by atoms with Crippen LogP contribution in [0.25, 0.3) is 0 Å². The van der Waals surface area contributed by atoms with Gasteiger partial charge in [0.1, 0.15) is 0 Å². The number of fused-ring (bicyclic) bond motifs is 2. The van der Waals surface area contributed by atoms with Gasteiger partial charge in [-0.1, -0.05) is 38.5 Å².